The number of aryl methyl sites for hydroxylation is 2. The number of hydrogen-bond acceptors (Lipinski definition) is 11. The van der Waals surface area contributed by atoms with Crippen LogP contribution in [0.25, 0.3) is 33.8 Å². The van der Waals surface area contributed by atoms with Crippen molar-refractivity contribution >= 4 is 56.2 Å². The monoisotopic (exact) mass is 917 g/mol. The van der Waals surface area contributed by atoms with Crippen LogP contribution in [-0.4, -0.2) is 93.6 Å². The summed E-state index contributed by atoms with van der Waals surface area (Å²) < 4.78 is 4.24. The molecule has 0 bridgehead atoms. The van der Waals surface area contributed by atoms with Crippen LogP contribution < -0.4 is 26.6 Å². The molecular weight excluding hydrogens is 862 g/mol. The minimum Gasteiger partial charge on any atom is -0.389 e. The third kappa shape index (κ3) is 10.9. The van der Waals surface area contributed by atoms with Crippen molar-refractivity contribution in [2.24, 2.45) is 0 Å². The second kappa shape index (κ2) is 17.7. The van der Waals surface area contributed by atoms with E-state index in [1.54, 1.807) is 44.6 Å². The number of fused-ring (bicyclic) bond motifs is 2. The summed E-state index contributed by atoms with van der Waals surface area (Å²) in [6, 6.07) is 16.4. The van der Waals surface area contributed by atoms with E-state index >= 15 is 0 Å². The summed E-state index contributed by atoms with van der Waals surface area (Å²) in [5.74, 6) is 0.710. The molecule has 0 aliphatic heterocycles. The van der Waals surface area contributed by atoms with Crippen molar-refractivity contribution < 1.29 is 19.8 Å². The molecule has 16 heteroatoms. The lowest BCUT2D eigenvalue weighted by molar-refractivity contribution is 0.0939. The molecule has 3 aliphatic rings. The molecule has 6 aromatic rings. The first-order valence-corrected chi connectivity index (χ1v) is 22.4. The van der Waals surface area contributed by atoms with E-state index in [1.807, 2.05) is 66.9 Å². The van der Waals surface area contributed by atoms with Gasteiger partial charge in [-0.05, 0) is 137 Å². The predicted octanol–water partition coefficient (Wildman–Crippen LogP) is 7.45. The van der Waals surface area contributed by atoms with E-state index in [0.29, 0.717) is 58.2 Å². The number of rotatable bonds is 14. The topological polar surface area (TPSA) is 195 Å². The number of nitrogens with one attached hydrogen (secondary N) is 5. The average molecular weight is 919 g/mol. The molecular formula is C47H56BrN11O4. The molecule has 7 N–H and O–H groups in total. The highest BCUT2D eigenvalue weighted by Crippen LogP contribution is 2.31. The second-order valence-corrected chi connectivity index (χ2v) is 19.1. The SMILES string of the molecule is Cc1cc(-c2cnc3c(NCC(C)(C)O)cc(Br)nn23)ccc1C(=O)NC1CC1.Cc1cc(-c2cnc3c(NCC(C)(C)O)cc(NC4CC=CC4)nn23)ccc1C(=O)NC1CC1. The van der Waals surface area contributed by atoms with Crippen LogP contribution in [0.4, 0.5) is 17.2 Å². The number of carbonyl (C=O) groups is 2. The molecule has 3 aliphatic carbocycles. The van der Waals surface area contributed by atoms with Gasteiger partial charge in [0.1, 0.15) is 10.4 Å². The molecule has 0 unspecified atom stereocenters. The average Bonchev–Trinajstić information content (AvgIpc) is 4.05. The molecule has 2 saturated carbocycles. The molecule has 0 saturated heterocycles. The second-order valence-electron chi connectivity index (χ2n) is 18.3. The van der Waals surface area contributed by atoms with Gasteiger partial charge in [-0.3, -0.25) is 9.59 Å². The minimum absolute atomic E-state index is 0.0161. The van der Waals surface area contributed by atoms with Crippen LogP contribution in [0.15, 0.2) is 77.7 Å². The van der Waals surface area contributed by atoms with Crippen LogP contribution in [0, 0.1) is 13.8 Å². The number of aromatic nitrogens is 6. The van der Waals surface area contributed by atoms with Crippen LogP contribution >= 0.6 is 15.9 Å². The van der Waals surface area contributed by atoms with Crippen molar-refractivity contribution in [1.82, 2.24) is 39.8 Å². The fraction of sp³-hybridized carbons (Fsp3) is 0.404. The number of carbonyl (C=O) groups excluding carboxylic acids is 2. The van der Waals surface area contributed by atoms with E-state index in [0.717, 1.165) is 89.4 Å². The van der Waals surface area contributed by atoms with E-state index in [1.165, 1.54) is 0 Å². The van der Waals surface area contributed by atoms with Gasteiger partial charge in [-0.25, -0.2) is 19.0 Å². The Labute approximate surface area is 375 Å². The summed E-state index contributed by atoms with van der Waals surface area (Å²) in [6.45, 7) is 11.7. The van der Waals surface area contributed by atoms with E-state index < -0.39 is 11.2 Å². The first kappa shape index (κ1) is 43.8. The first-order chi connectivity index (χ1) is 30.0. The zero-order valence-corrected chi connectivity index (χ0v) is 38.2. The van der Waals surface area contributed by atoms with E-state index in [9.17, 15) is 19.8 Å². The molecule has 330 valence electrons. The normalized spacial score (nSPS) is 15.3. The molecule has 2 amide bonds. The highest BCUT2D eigenvalue weighted by Gasteiger charge is 2.26. The van der Waals surface area contributed by atoms with Crippen molar-refractivity contribution in [2.75, 3.05) is 29.0 Å². The quantitative estimate of drug-likeness (QED) is 0.0537. The lowest BCUT2D eigenvalue weighted by atomic mass is 10.0. The van der Waals surface area contributed by atoms with Crippen molar-refractivity contribution in [3.8, 4) is 22.5 Å². The predicted molar refractivity (Wildman–Crippen MR) is 250 cm³/mol. The summed E-state index contributed by atoms with van der Waals surface area (Å²) in [6.07, 6.45) is 14.1. The maximum absolute atomic E-state index is 12.5. The zero-order valence-electron chi connectivity index (χ0n) is 36.6. The summed E-state index contributed by atoms with van der Waals surface area (Å²) in [5, 5.41) is 45.8. The lowest BCUT2D eigenvalue weighted by Gasteiger charge is -2.20. The van der Waals surface area contributed by atoms with Gasteiger partial charge < -0.3 is 36.8 Å². The smallest absolute Gasteiger partial charge is 0.251 e. The summed E-state index contributed by atoms with van der Waals surface area (Å²) >= 11 is 3.45. The maximum atomic E-state index is 12.5. The number of amides is 2. The summed E-state index contributed by atoms with van der Waals surface area (Å²) in [5.41, 5.74) is 7.94. The van der Waals surface area contributed by atoms with Crippen molar-refractivity contribution in [3.63, 3.8) is 0 Å². The number of benzene rings is 2. The lowest BCUT2D eigenvalue weighted by Crippen LogP contribution is -2.29. The van der Waals surface area contributed by atoms with Gasteiger partial charge in [-0.15, -0.1) is 5.10 Å². The van der Waals surface area contributed by atoms with E-state index in [4.69, 9.17) is 5.10 Å². The van der Waals surface area contributed by atoms with Crippen molar-refractivity contribution in [2.45, 2.75) is 109 Å². The van der Waals surface area contributed by atoms with E-state index in [-0.39, 0.29) is 11.8 Å². The maximum Gasteiger partial charge on any atom is 0.251 e. The zero-order chi connectivity index (χ0) is 44.6. The Morgan fingerprint density at radius 1 is 0.683 bits per heavy atom. The standard InChI is InChI=1S/C26H32N6O2.C21H24BrN5O2/c1-16-12-17(8-11-20(16)25(33)30-19-9-10-19)22-14-27-24-21(28-15-26(2,3)34)13-23(31-32(22)24)29-18-6-4-5-7-18;1-12-8-13(4-7-15(12)20(28)25-14-5-6-14)17-10-23-19-16(24-11-21(2,3)29)9-18(22)26-27(17)19/h4-5,8,11-14,18-19,28,34H,6-7,9-10,15H2,1-3H3,(H,29,31)(H,30,33);4,7-10,14,24,29H,5-6,11H2,1-3H3,(H,25,28). The van der Waals surface area contributed by atoms with Gasteiger partial charge in [0.2, 0.25) is 0 Å². The Balaban J connectivity index is 0.000000175. The Morgan fingerprint density at radius 2 is 1.14 bits per heavy atom. The Morgan fingerprint density at radius 3 is 1.59 bits per heavy atom. The number of imidazole rings is 2. The molecule has 63 heavy (non-hydrogen) atoms. The largest absolute Gasteiger partial charge is 0.389 e. The van der Waals surface area contributed by atoms with Crippen LogP contribution in [0.1, 0.15) is 98.1 Å². The Hall–Kier alpha value is -5.84. The van der Waals surface area contributed by atoms with Gasteiger partial charge in [0, 0.05) is 59.5 Å². The van der Waals surface area contributed by atoms with Crippen LogP contribution in [0.3, 0.4) is 0 Å². The van der Waals surface area contributed by atoms with Crippen molar-refractivity contribution in [3.05, 3.63) is 99.9 Å². The van der Waals surface area contributed by atoms with Crippen molar-refractivity contribution in [1.29, 1.82) is 0 Å². The van der Waals surface area contributed by atoms with E-state index in [2.05, 4.69) is 69.7 Å². The summed E-state index contributed by atoms with van der Waals surface area (Å²) in [7, 11) is 0. The van der Waals surface area contributed by atoms with Gasteiger partial charge in [0.05, 0.1) is 46.4 Å². The molecule has 2 fully saturated rings. The third-order valence-corrected chi connectivity index (χ3v) is 11.4. The fourth-order valence-corrected chi connectivity index (χ4v) is 7.72. The Kier molecular flexibility index (Phi) is 12.3. The van der Waals surface area contributed by atoms with Crippen LogP contribution in [0.5, 0.6) is 0 Å². The molecule has 0 radical (unpaired) electrons. The number of nitrogens with zero attached hydrogens (tertiary/aromatic N) is 6. The van der Waals surface area contributed by atoms with Gasteiger partial charge in [0.25, 0.3) is 11.8 Å². The third-order valence-electron chi connectivity index (χ3n) is 11.0. The van der Waals surface area contributed by atoms with Gasteiger partial charge in [0.15, 0.2) is 11.3 Å². The van der Waals surface area contributed by atoms with Gasteiger partial charge in [-0.2, -0.15) is 5.10 Å². The molecule has 4 heterocycles. The van der Waals surface area contributed by atoms with Gasteiger partial charge in [-0.1, -0.05) is 24.3 Å². The summed E-state index contributed by atoms with van der Waals surface area (Å²) in [4.78, 5) is 34.1. The first-order valence-electron chi connectivity index (χ1n) is 21.6. The van der Waals surface area contributed by atoms with Crippen LogP contribution in [0.2, 0.25) is 0 Å². The Bertz CT molecular complexity index is 2700. The highest BCUT2D eigenvalue weighted by molar-refractivity contribution is 9.10. The highest BCUT2D eigenvalue weighted by atomic mass is 79.9. The molecule has 2 aromatic carbocycles. The molecule has 15 nitrogen and oxygen atoms in total. The van der Waals surface area contributed by atoms with Gasteiger partial charge >= 0.3 is 0 Å². The molecule has 0 atom stereocenters. The molecule has 0 spiro atoms. The fourth-order valence-electron chi connectivity index (χ4n) is 7.34. The number of anilines is 3. The molecule has 4 aromatic heterocycles. The number of aliphatic hydroxyl groups is 2. The minimum atomic E-state index is -0.868. The number of halogens is 1. The molecule has 9 rings (SSSR count). The van der Waals surface area contributed by atoms with Crippen LogP contribution in [-0.2, 0) is 0 Å². The number of hydrogen-bond donors (Lipinski definition) is 7.